The van der Waals surface area contributed by atoms with E-state index < -0.39 is 0 Å². The first-order valence-corrected chi connectivity index (χ1v) is 5.72. The van der Waals surface area contributed by atoms with Crippen LogP contribution in [0.15, 0.2) is 41.0 Å². The molecule has 2 aromatic rings. The molecule has 0 aliphatic heterocycles. The second kappa shape index (κ2) is 4.69. The molecule has 3 nitrogen and oxygen atoms in total. The average Bonchev–Trinajstić information content (AvgIpc) is 2.81. The van der Waals surface area contributed by atoms with Crippen molar-refractivity contribution in [3.8, 4) is 5.75 Å². The summed E-state index contributed by atoms with van der Waals surface area (Å²) in [6, 6.07) is 8.77. The lowest BCUT2D eigenvalue weighted by Crippen LogP contribution is -2.03. The maximum atomic E-state index is 12.1. The fraction of sp³-hybridized carbons (Fsp3) is 0.0833. The van der Waals surface area contributed by atoms with Gasteiger partial charge in [-0.05, 0) is 52.9 Å². The second-order valence-corrected chi connectivity index (χ2v) is 4.40. The molecule has 0 spiro atoms. The predicted octanol–water partition coefficient (Wildman–Crippen LogP) is 3.12. The molecule has 0 aliphatic rings. The van der Waals surface area contributed by atoms with Crippen LogP contribution in [0.5, 0.6) is 5.75 Å². The zero-order valence-electron chi connectivity index (χ0n) is 8.57. The van der Waals surface area contributed by atoms with E-state index in [4.69, 9.17) is 9.15 Å². The third kappa shape index (κ3) is 2.11. The second-order valence-electron chi connectivity index (χ2n) is 3.15. The Labute approximate surface area is 107 Å². The Balaban J connectivity index is 2.47. The van der Waals surface area contributed by atoms with Crippen LogP contribution in [0, 0.1) is 3.57 Å². The number of carbonyl (C=O) groups excluding carboxylic acids is 1. The van der Waals surface area contributed by atoms with Crippen LogP contribution in [-0.4, -0.2) is 12.9 Å². The lowest BCUT2D eigenvalue weighted by Gasteiger charge is -2.06. The predicted molar refractivity (Wildman–Crippen MR) is 67.9 cm³/mol. The summed E-state index contributed by atoms with van der Waals surface area (Å²) in [5.41, 5.74) is 0.518. The smallest absolute Gasteiger partial charge is 0.231 e. The van der Waals surface area contributed by atoms with Crippen LogP contribution < -0.4 is 4.74 Å². The van der Waals surface area contributed by atoms with Crippen LogP contribution in [0.3, 0.4) is 0 Å². The maximum Gasteiger partial charge on any atom is 0.231 e. The van der Waals surface area contributed by atoms with Gasteiger partial charge in [0.05, 0.1) is 18.9 Å². The van der Waals surface area contributed by atoms with Crippen molar-refractivity contribution in [3.05, 3.63) is 51.5 Å². The van der Waals surface area contributed by atoms with Crippen molar-refractivity contribution in [3.63, 3.8) is 0 Å². The molecule has 1 heterocycles. The van der Waals surface area contributed by atoms with Crippen molar-refractivity contribution in [1.29, 1.82) is 0 Å². The molecule has 1 aromatic carbocycles. The van der Waals surface area contributed by atoms with Crippen molar-refractivity contribution >= 4 is 28.4 Å². The number of ketones is 1. The van der Waals surface area contributed by atoms with Gasteiger partial charge in [-0.15, -0.1) is 0 Å². The summed E-state index contributed by atoms with van der Waals surface area (Å²) in [6.07, 6.45) is 1.48. The molecule has 2 rings (SSSR count). The van der Waals surface area contributed by atoms with E-state index in [-0.39, 0.29) is 5.78 Å². The molecule has 0 fully saturated rings. The molecule has 0 bridgehead atoms. The van der Waals surface area contributed by atoms with Gasteiger partial charge in [0, 0.05) is 3.57 Å². The minimum absolute atomic E-state index is 0.166. The number of methoxy groups -OCH3 is 1. The van der Waals surface area contributed by atoms with Crippen molar-refractivity contribution in [1.82, 2.24) is 0 Å². The highest BCUT2D eigenvalue weighted by atomic mass is 127. The van der Waals surface area contributed by atoms with Crippen molar-refractivity contribution < 1.29 is 13.9 Å². The summed E-state index contributed by atoms with van der Waals surface area (Å²) >= 11 is 2.15. The zero-order valence-corrected chi connectivity index (χ0v) is 10.7. The molecule has 16 heavy (non-hydrogen) atoms. The normalized spacial score (nSPS) is 10.1. The van der Waals surface area contributed by atoms with Gasteiger partial charge >= 0.3 is 0 Å². The van der Waals surface area contributed by atoms with Crippen molar-refractivity contribution in [2.45, 2.75) is 0 Å². The summed E-state index contributed by atoms with van der Waals surface area (Å²) < 4.78 is 11.2. The Morgan fingerprint density at radius 1 is 1.38 bits per heavy atom. The third-order valence-corrected chi connectivity index (χ3v) is 2.82. The summed E-state index contributed by atoms with van der Waals surface area (Å²) in [5, 5.41) is 0. The highest BCUT2D eigenvalue weighted by Crippen LogP contribution is 2.23. The van der Waals surface area contributed by atoms with Gasteiger partial charge in [0.15, 0.2) is 5.76 Å². The lowest BCUT2D eigenvalue weighted by atomic mass is 10.1. The minimum Gasteiger partial charge on any atom is -0.496 e. The van der Waals surface area contributed by atoms with Gasteiger partial charge in [-0.2, -0.15) is 0 Å². The molecule has 82 valence electrons. The summed E-state index contributed by atoms with van der Waals surface area (Å²) in [5.74, 6) is 0.711. The standard InChI is InChI=1S/C12H9IO3/c1-15-10-5-4-8(13)7-9(10)12(14)11-3-2-6-16-11/h2-7H,1H3. The van der Waals surface area contributed by atoms with Crippen LogP contribution in [0.25, 0.3) is 0 Å². The monoisotopic (exact) mass is 328 g/mol. The maximum absolute atomic E-state index is 12.1. The molecule has 1 aromatic heterocycles. The Morgan fingerprint density at radius 2 is 2.19 bits per heavy atom. The SMILES string of the molecule is COc1ccc(I)cc1C(=O)c1ccco1. The Hall–Kier alpha value is -1.30. The van der Waals surface area contributed by atoms with E-state index >= 15 is 0 Å². The number of carbonyl (C=O) groups is 1. The quantitative estimate of drug-likeness (QED) is 0.642. The molecular weight excluding hydrogens is 319 g/mol. The summed E-state index contributed by atoms with van der Waals surface area (Å²) in [6.45, 7) is 0. The van der Waals surface area contributed by atoms with E-state index in [2.05, 4.69) is 22.6 Å². The molecule has 0 atom stereocenters. The van der Waals surface area contributed by atoms with Gasteiger partial charge < -0.3 is 9.15 Å². The number of benzene rings is 1. The topological polar surface area (TPSA) is 39.4 Å². The van der Waals surface area contributed by atoms with Crippen LogP contribution >= 0.6 is 22.6 Å². The first kappa shape index (κ1) is 11.2. The number of ether oxygens (including phenoxy) is 1. The molecule has 0 unspecified atom stereocenters. The van der Waals surface area contributed by atoms with E-state index in [0.717, 1.165) is 3.57 Å². The van der Waals surface area contributed by atoms with Gasteiger partial charge in [-0.1, -0.05) is 0 Å². The molecule has 0 N–H and O–H groups in total. The van der Waals surface area contributed by atoms with Gasteiger partial charge in [0.2, 0.25) is 5.78 Å². The lowest BCUT2D eigenvalue weighted by molar-refractivity contribution is 0.101. The van der Waals surface area contributed by atoms with Crippen molar-refractivity contribution in [2.24, 2.45) is 0 Å². The van der Waals surface area contributed by atoms with E-state index in [1.54, 1.807) is 31.4 Å². The first-order valence-electron chi connectivity index (χ1n) is 4.64. The Bertz CT molecular complexity index is 503. The summed E-state index contributed by atoms with van der Waals surface area (Å²) in [4.78, 5) is 12.1. The zero-order chi connectivity index (χ0) is 11.5. The van der Waals surface area contributed by atoms with Crippen LogP contribution in [0.1, 0.15) is 16.1 Å². The average molecular weight is 328 g/mol. The fourth-order valence-electron chi connectivity index (χ4n) is 1.40. The Morgan fingerprint density at radius 3 is 2.81 bits per heavy atom. The largest absolute Gasteiger partial charge is 0.496 e. The highest BCUT2D eigenvalue weighted by Gasteiger charge is 2.16. The minimum atomic E-state index is -0.166. The van der Waals surface area contributed by atoms with E-state index in [0.29, 0.717) is 17.1 Å². The van der Waals surface area contributed by atoms with Crippen molar-refractivity contribution in [2.75, 3.05) is 7.11 Å². The van der Waals surface area contributed by atoms with E-state index in [9.17, 15) is 4.79 Å². The number of halogens is 1. The van der Waals surface area contributed by atoms with Gasteiger partial charge in [-0.3, -0.25) is 4.79 Å². The first-order chi connectivity index (χ1) is 7.72. The van der Waals surface area contributed by atoms with Crippen LogP contribution in [-0.2, 0) is 0 Å². The van der Waals surface area contributed by atoms with Crippen LogP contribution in [0.4, 0.5) is 0 Å². The molecule has 0 saturated carbocycles. The molecule has 0 aliphatic carbocycles. The number of rotatable bonds is 3. The van der Waals surface area contributed by atoms with E-state index in [1.165, 1.54) is 6.26 Å². The molecule has 0 saturated heterocycles. The summed E-state index contributed by atoms with van der Waals surface area (Å²) in [7, 11) is 1.54. The number of furan rings is 1. The van der Waals surface area contributed by atoms with Crippen LogP contribution in [0.2, 0.25) is 0 Å². The van der Waals surface area contributed by atoms with Gasteiger partial charge in [0.1, 0.15) is 5.75 Å². The van der Waals surface area contributed by atoms with Gasteiger partial charge in [0.25, 0.3) is 0 Å². The molecule has 4 heteroatoms. The Kier molecular flexibility index (Phi) is 3.28. The van der Waals surface area contributed by atoms with E-state index in [1.807, 2.05) is 6.07 Å². The number of hydrogen-bond acceptors (Lipinski definition) is 3. The molecular formula is C12H9IO3. The highest BCUT2D eigenvalue weighted by molar-refractivity contribution is 14.1. The number of hydrogen-bond donors (Lipinski definition) is 0. The third-order valence-electron chi connectivity index (χ3n) is 2.15. The van der Waals surface area contributed by atoms with Gasteiger partial charge in [-0.25, -0.2) is 0 Å². The molecule has 0 amide bonds. The molecule has 0 radical (unpaired) electrons. The fourth-order valence-corrected chi connectivity index (χ4v) is 1.89.